The van der Waals surface area contributed by atoms with Gasteiger partial charge in [-0.2, -0.15) is 0 Å². The second-order valence-electron chi connectivity index (χ2n) is 2.98. The van der Waals surface area contributed by atoms with Crippen molar-refractivity contribution in [3.05, 3.63) is 12.7 Å². The van der Waals surface area contributed by atoms with Crippen LogP contribution in [-0.2, 0) is 0 Å². The highest BCUT2D eigenvalue weighted by molar-refractivity contribution is 6.20. The predicted molar refractivity (Wildman–Crippen MR) is 48.5 cm³/mol. The van der Waals surface area contributed by atoms with Crippen LogP contribution < -0.4 is 0 Å². The summed E-state index contributed by atoms with van der Waals surface area (Å²) in [7, 11) is 0. The molecule has 0 heterocycles. The third kappa shape index (κ3) is 4.87. The summed E-state index contributed by atoms with van der Waals surface area (Å²) in [5, 5.41) is 0.347. The van der Waals surface area contributed by atoms with E-state index in [0.29, 0.717) is 11.3 Å². The van der Waals surface area contributed by atoms with Gasteiger partial charge in [0.2, 0.25) is 0 Å². The molecule has 0 aliphatic heterocycles. The molecule has 1 heteroatoms. The molecule has 0 spiro atoms. The fourth-order valence-corrected chi connectivity index (χ4v) is 0.945. The summed E-state index contributed by atoms with van der Waals surface area (Å²) >= 11 is 6.02. The standard InChI is InChI=1S/C9H17Cl/c1-4-5-6-7-9(10)8(2)3/h4,8-9H,1,5-7H2,2-3H3. The molecule has 1 unspecified atom stereocenters. The number of hydrogen-bond donors (Lipinski definition) is 0. The number of hydrogen-bond acceptors (Lipinski definition) is 0. The van der Waals surface area contributed by atoms with Gasteiger partial charge in [-0.25, -0.2) is 0 Å². The van der Waals surface area contributed by atoms with Crippen LogP contribution in [0.15, 0.2) is 12.7 Å². The molecule has 60 valence electrons. The van der Waals surface area contributed by atoms with Gasteiger partial charge in [0.15, 0.2) is 0 Å². The van der Waals surface area contributed by atoms with Crippen molar-refractivity contribution in [3.63, 3.8) is 0 Å². The molecule has 0 rings (SSSR count). The van der Waals surface area contributed by atoms with Crippen molar-refractivity contribution in [1.29, 1.82) is 0 Å². The average Bonchev–Trinajstić information content (AvgIpc) is 1.88. The van der Waals surface area contributed by atoms with E-state index in [0.717, 1.165) is 12.8 Å². The van der Waals surface area contributed by atoms with E-state index < -0.39 is 0 Å². The van der Waals surface area contributed by atoms with E-state index in [1.807, 2.05) is 6.08 Å². The average molecular weight is 161 g/mol. The SMILES string of the molecule is C=CCCCC(Cl)C(C)C. The van der Waals surface area contributed by atoms with E-state index >= 15 is 0 Å². The van der Waals surface area contributed by atoms with Crippen LogP contribution in [0.25, 0.3) is 0 Å². The Bertz CT molecular complexity index is 86.7. The minimum atomic E-state index is 0.347. The van der Waals surface area contributed by atoms with Crippen LogP contribution in [0.5, 0.6) is 0 Å². The third-order valence-electron chi connectivity index (χ3n) is 1.61. The number of alkyl halides is 1. The highest BCUT2D eigenvalue weighted by Crippen LogP contribution is 2.16. The monoisotopic (exact) mass is 160 g/mol. The zero-order chi connectivity index (χ0) is 7.98. The maximum atomic E-state index is 6.02. The highest BCUT2D eigenvalue weighted by atomic mass is 35.5. The van der Waals surface area contributed by atoms with Gasteiger partial charge in [-0.15, -0.1) is 18.2 Å². The second kappa shape index (κ2) is 5.79. The molecule has 0 saturated carbocycles. The number of allylic oxidation sites excluding steroid dienone is 1. The van der Waals surface area contributed by atoms with Crippen molar-refractivity contribution in [2.24, 2.45) is 5.92 Å². The molecule has 0 bridgehead atoms. The van der Waals surface area contributed by atoms with Crippen molar-refractivity contribution in [2.75, 3.05) is 0 Å². The summed E-state index contributed by atoms with van der Waals surface area (Å²) in [5.74, 6) is 0.603. The highest BCUT2D eigenvalue weighted by Gasteiger charge is 2.07. The minimum Gasteiger partial charge on any atom is -0.123 e. The van der Waals surface area contributed by atoms with E-state index in [2.05, 4.69) is 20.4 Å². The third-order valence-corrected chi connectivity index (χ3v) is 2.33. The molecule has 0 amide bonds. The Labute approximate surface area is 69.3 Å². The smallest absolute Gasteiger partial charge is 0.0359 e. The molecule has 0 radical (unpaired) electrons. The summed E-state index contributed by atoms with van der Waals surface area (Å²) in [6, 6.07) is 0. The molecule has 0 saturated heterocycles. The lowest BCUT2D eigenvalue weighted by Crippen LogP contribution is -2.06. The van der Waals surface area contributed by atoms with Gasteiger partial charge in [0, 0.05) is 5.38 Å². The fourth-order valence-electron chi connectivity index (χ4n) is 0.791. The first kappa shape index (κ1) is 10.0. The van der Waals surface area contributed by atoms with Crippen molar-refractivity contribution in [3.8, 4) is 0 Å². The lowest BCUT2D eigenvalue weighted by Gasteiger charge is -2.11. The second-order valence-corrected chi connectivity index (χ2v) is 3.54. The molecule has 0 aliphatic carbocycles. The first-order valence-electron chi connectivity index (χ1n) is 3.93. The van der Waals surface area contributed by atoms with Gasteiger partial charge >= 0.3 is 0 Å². The topological polar surface area (TPSA) is 0 Å². The van der Waals surface area contributed by atoms with E-state index in [9.17, 15) is 0 Å². The van der Waals surface area contributed by atoms with E-state index in [1.54, 1.807) is 0 Å². The van der Waals surface area contributed by atoms with Crippen LogP contribution in [0.4, 0.5) is 0 Å². The summed E-state index contributed by atoms with van der Waals surface area (Å²) in [5.41, 5.74) is 0. The maximum Gasteiger partial charge on any atom is 0.0359 e. The van der Waals surface area contributed by atoms with Crippen molar-refractivity contribution >= 4 is 11.6 Å². The number of rotatable bonds is 5. The van der Waals surface area contributed by atoms with Crippen molar-refractivity contribution in [2.45, 2.75) is 38.5 Å². The lowest BCUT2D eigenvalue weighted by molar-refractivity contribution is 0.550. The van der Waals surface area contributed by atoms with Crippen LogP contribution in [-0.4, -0.2) is 5.38 Å². The molecule has 0 N–H and O–H groups in total. The van der Waals surface area contributed by atoms with Gasteiger partial charge in [-0.3, -0.25) is 0 Å². The van der Waals surface area contributed by atoms with Gasteiger partial charge < -0.3 is 0 Å². The Morgan fingerprint density at radius 2 is 2.10 bits per heavy atom. The van der Waals surface area contributed by atoms with Crippen LogP contribution in [0.1, 0.15) is 33.1 Å². The quantitative estimate of drug-likeness (QED) is 0.328. The summed E-state index contributed by atoms with van der Waals surface area (Å²) in [6.07, 6.45) is 5.33. The van der Waals surface area contributed by atoms with Crippen LogP contribution in [0, 0.1) is 5.92 Å². The molecule has 0 fully saturated rings. The van der Waals surface area contributed by atoms with Gasteiger partial charge in [0.25, 0.3) is 0 Å². The Balaban J connectivity index is 3.21. The van der Waals surface area contributed by atoms with Gasteiger partial charge in [-0.1, -0.05) is 19.9 Å². The zero-order valence-electron chi connectivity index (χ0n) is 6.94. The van der Waals surface area contributed by atoms with Crippen LogP contribution in [0.2, 0.25) is 0 Å². The number of halogens is 1. The van der Waals surface area contributed by atoms with E-state index in [-0.39, 0.29) is 0 Å². The molecule has 0 aromatic rings. The summed E-state index contributed by atoms with van der Waals surface area (Å²) in [4.78, 5) is 0. The normalized spacial score (nSPS) is 13.6. The first-order chi connectivity index (χ1) is 4.68. The lowest BCUT2D eigenvalue weighted by atomic mass is 10.0. The van der Waals surface area contributed by atoms with Gasteiger partial charge in [0.05, 0.1) is 0 Å². The molecule has 0 nitrogen and oxygen atoms in total. The van der Waals surface area contributed by atoms with Crippen molar-refractivity contribution in [1.82, 2.24) is 0 Å². The van der Waals surface area contributed by atoms with Crippen LogP contribution in [0.3, 0.4) is 0 Å². The largest absolute Gasteiger partial charge is 0.123 e. The Hall–Kier alpha value is 0.0300. The maximum absolute atomic E-state index is 6.02. The summed E-state index contributed by atoms with van der Waals surface area (Å²) in [6.45, 7) is 7.98. The summed E-state index contributed by atoms with van der Waals surface area (Å²) < 4.78 is 0. The molecule has 0 aliphatic rings. The Morgan fingerprint density at radius 1 is 1.50 bits per heavy atom. The molecule has 1 atom stereocenters. The molecular formula is C9H17Cl. The molecule has 0 aromatic carbocycles. The number of unbranched alkanes of at least 4 members (excludes halogenated alkanes) is 1. The van der Waals surface area contributed by atoms with E-state index in [1.165, 1.54) is 6.42 Å². The molecule has 0 aromatic heterocycles. The van der Waals surface area contributed by atoms with E-state index in [4.69, 9.17) is 11.6 Å². The molecular weight excluding hydrogens is 144 g/mol. The Kier molecular flexibility index (Phi) is 5.81. The van der Waals surface area contributed by atoms with Gasteiger partial charge in [-0.05, 0) is 25.2 Å². The van der Waals surface area contributed by atoms with Crippen molar-refractivity contribution < 1.29 is 0 Å². The van der Waals surface area contributed by atoms with Gasteiger partial charge in [0.1, 0.15) is 0 Å². The Morgan fingerprint density at radius 3 is 2.50 bits per heavy atom. The fraction of sp³-hybridized carbons (Fsp3) is 0.778. The predicted octanol–water partition coefficient (Wildman–Crippen LogP) is 3.61. The van der Waals surface area contributed by atoms with Crippen LogP contribution >= 0.6 is 11.6 Å². The zero-order valence-corrected chi connectivity index (χ0v) is 7.69. The molecule has 10 heavy (non-hydrogen) atoms. The first-order valence-corrected chi connectivity index (χ1v) is 4.37. The minimum absolute atomic E-state index is 0.347.